The Bertz CT molecular complexity index is 1170. The van der Waals surface area contributed by atoms with E-state index in [0.29, 0.717) is 11.3 Å². The first-order valence-corrected chi connectivity index (χ1v) is 10.7. The molecule has 0 saturated carbocycles. The lowest BCUT2D eigenvalue weighted by atomic mass is 9.85. The number of amides is 2. The molecule has 2 aromatic carbocycles. The number of carbonyl (C=O) groups excluding carboxylic acids is 3. The summed E-state index contributed by atoms with van der Waals surface area (Å²) in [6, 6.07) is 13.6. The number of fused-ring (bicyclic) bond motifs is 5. The van der Waals surface area contributed by atoms with Crippen molar-refractivity contribution in [2.75, 3.05) is 18.6 Å². The first kappa shape index (κ1) is 20.2. The van der Waals surface area contributed by atoms with Gasteiger partial charge in [0.15, 0.2) is 5.78 Å². The molecule has 0 bridgehead atoms. The van der Waals surface area contributed by atoms with Gasteiger partial charge in [0.2, 0.25) is 11.8 Å². The van der Waals surface area contributed by atoms with Crippen LogP contribution in [0.2, 0.25) is 0 Å². The van der Waals surface area contributed by atoms with Gasteiger partial charge in [0.05, 0.1) is 25.0 Å². The first-order valence-electron chi connectivity index (χ1n) is 10.7. The summed E-state index contributed by atoms with van der Waals surface area (Å²) < 4.78 is 5.22. The van der Waals surface area contributed by atoms with Crippen LogP contribution in [0.25, 0.3) is 5.57 Å². The van der Waals surface area contributed by atoms with E-state index in [4.69, 9.17) is 4.74 Å². The summed E-state index contributed by atoms with van der Waals surface area (Å²) in [4.78, 5) is 43.8. The molecule has 3 aliphatic heterocycles. The van der Waals surface area contributed by atoms with Crippen molar-refractivity contribution in [2.24, 2.45) is 11.8 Å². The fourth-order valence-corrected chi connectivity index (χ4v) is 5.39. The number of carbonyl (C=O) groups is 3. The fraction of sp³-hybridized carbons (Fsp3) is 0.269. The molecule has 0 radical (unpaired) electrons. The smallest absolute Gasteiger partial charge is 0.236 e. The molecule has 2 fully saturated rings. The third kappa shape index (κ3) is 2.75. The molecule has 0 aromatic heterocycles. The molecule has 2 saturated heterocycles. The highest BCUT2D eigenvalue weighted by Gasteiger charge is 2.64. The molecule has 6 heteroatoms. The molecule has 0 spiro atoms. The third-order valence-electron chi connectivity index (χ3n) is 6.80. The molecule has 0 N–H and O–H groups in total. The maximum absolute atomic E-state index is 13.8. The highest BCUT2D eigenvalue weighted by atomic mass is 16.5. The Morgan fingerprint density at radius 3 is 2.44 bits per heavy atom. The third-order valence-corrected chi connectivity index (χ3v) is 6.80. The van der Waals surface area contributed by atoms with Crippen LogP contribution in [0.4, 0.5) is 5.69 Å². The summed E-state index contributed by atoms with van der Waals surface area (Å²) >= 11 is 0. The minimum absolute atomic E-state index is 0.153. The number of methoxy groups -OCH3 is 1. The molecule has 32 heavy (non-hydrogen) atoms. The minimum atomic E-state index is -0.768. The maximum atomic E-state index is 13.8. The lowest BCUT2D eigenvalue weighted by Crippen LogP contribution is -2.49. The summed E-state index contributed by atoms with van der Waals surface area (Å²) in [7, 11) is 1.57. The van der Waals surface area contributed by atoms with Gasteiger partial charge in [-0.2, -0.15) is 0 Å². The van der Waals surface area contributed by atoms with Crippen molar-refractivity contribution < 1.29 is 19.1 Å². The molecule has 162 valence electrons. The molecule has 6 nitrogen and oxygen atoms in total. The van der Waals surface area contributed by atoms with Crippen LogP contribution in [-0.4, -0.2) is 48.2 Å². The van der Waals surface area contributed by atoms with Crippen LogP contribution in [-0.2, 0) is 9.59 Å². The van der Waals surface area contributed by atoms with Crippen LogP contribution in [0.15, 0.2) is 67.3 Å². The molecule has 3 aliphatic rings. The van der Waals surface area contributed by atoms with E-state index in [9.17, 15) is 14.4 Å². The molecular formula is C26H24N2O4. The molecule has 5 rings (SSSR count). The zero-order chi connectivity index (χ0) is 22.6. The summed E-state index contributed by atoms with van der Waals surface area (Å²) in [6.45, 7) is 5.84. The molecule has 2 aromatic rings. The standard InChI is InChI=1S/C26H24N2O4/c1-4-13-27-25(30)21-20-14-15(2)18-7-5-6-8-19(18)28(20)23(22(21)26(27)31)24(29)16-9-11-17(32-3)12-10-16/h4-12,14,20-23H,1,13H2,2-3H3/t20-,21-,22-,23+/m0/s1. The van der Waals surface area contributed by atoms with E-state index in [1.807, 2.05) is 42.2 Å². The van der Waals surface area contributed by atoms with E-state index >= 15 is 0 Å². The first-order chi connectivity index (χ1) is 15.5. The van der Waals surface area contributed by atoms with E-state index in [-0.39, 0.29) is 30.2 Å². The Kier molecular flexibility index (Phi) is 4.73. The molecule has 2 amide bonds. The van der Waals surface area contributed by atoms with Crippen molar-refractivity contribution in [3.05, 3.63) is 78.4 Å². The molecular weight excluding hydrogens is 404 g/mol. The van der Waals surface area contributed by atoms with E-state index in [2.05, 4.69) is 6.58 Å². The normalized spacial score (nSPS) is 25.8. The maximum Gasteiger partial charge on any atom is 0.236 e. The van der Waals surface area contributed by atoms with Gasteiger partial charge in [0, 0.05) is 23.4 Å². The van der Waals surface area contributed by atoms with Crippen molar-refractivity contribution in [3.63, 3.8) is 0 Å². The predicted octanol–water partition coefficient (Wildman–Crippen LogP) is 3.34. The van der Waals surface area contributed by atoms with Gasteiger partial charge in [0.25, 0.3) is 0 Å². The number of likely N-dealkylation sites (tertiary alicyclic amines) is 1. The molecule has 4 atom stereocenters. The van der Waals surface area contributed by atoms with Gasteiger partial charge in [-0.25, -0.2) is 0 Å². The van der Waals surface area contributed by atoms with Crippen LogP contribution in [0.3, 0.4) is 0 Å². The number of hydrogen-bond donors (Lipinski definition) is 0. The zero-order valence-corrected chi connectivity index (χ0v) is 18.0. The van der Waals surface area contributed by atoms with Gasteiger partial charge in [-0.1, -0.05) is 30.4 Å². The Labute approximate surface area is 186 Å². The highest BCUT2D eigenvalue weighted by molar-refractivity contribution is 6.14. The van der Waals surface area contributed by atoms with Crippen molar-refractivity contribution in [3.8, 4) is 5.75 Å². The average Bonchev–Trinajstić information content (AvgIpc) is 3.27. The Morgan fingerprint density at radius 1 is 1.06 bits per heavy atom. The van der Waals surface area contributed by atoms with Crippen LogP contribution < -0.4 is 9.64 Å². The molecule has 3 heterocycles. The Balaban J connectivity index is 1.66. The topological polar surface area (TPSA) is 66.9 Å². The van der Waals surface area contributed by atoms with Crippen molar-refractivity contribution in [2.45, 2.75) is 19.0 Å². The van der Waals surface area contributed by atoms with Gasteiger partial charge in [-0.3, -0.25) is 19.3 Å². The highest BCUT2D eigenvalue weighted by Crippen LogP contribution is 2.50. The van der Waals surface area contributed by atoms with Crippen LogP contribution in [0, 0.1) is 11.8 Å². The zero-order valence-electron chi connectivity index (χ0n) is 18.0. The van der Waals surface area contributed by atoms with Crippen molar-refractivity contribution in [1.29, 1.82) is 0 Å². The number of imide groups is 1. The summed E-state index contributed by atoms with van der Waals surface area (Å²) in [5, 5.41) is 0. The second kappa shape index (κ2) is 7.48. The van der Waals surface area contributed by atoms with Crippen LogP contribution >= 0.6 is 0 Å². The fourth-order valence-electron chi connectivity index (χ4n) is 5.39. The number of Topliss-reactive ketones (excluding diaryl/α,β-unsaturated/α-hetero) is 1. The number of hydrogen-bond acceptors (Lipinski definition) is 5. The van der Waals surface area contributed by atoms with Gasteiger partial charge in [-0.15, -0.1) is 6.58 Å². The minimum Gasteiger partial charge on any atom is -0.497 e. The van der Waals surface area contributed by atoms with E-state index in [1.165, 1.54) is 4.90 Å². The van der Waals surface area contributed by atoms with Crippen molar-refractivity contribution >= 4 is 28.9 Å². The van der Waals surface area contributed by atoms with Gasteiger partial charge in [-0.05, 0) is 42.8 Å². The van der Waals surface area contributed by atoms with E-state index in [0.717, 1.165) is 16.8 Å². The SMILES string of the molecule is C=CCN1C(=O)[C@@H]2[C@H](C1=O)[C@H](C(=O)c1ccc(OC)cc1)N1c3ccccc3C(C)=C[C@@H]21. The van der Waals surface area contributed by atoms with Gasteiger partial charge < -0.3 is 9.64 Å². The van der Waals surface area contributed by atoms with E-state index < -0.39 is 17.9 Å². The monoisotopic (exact) mass is 428 g/mol. The Morgan fingerprint density at radius 2 is 1.75 bits per heavy atom. The average molecular weight is 428 g/mol. The number of para-hydroxylation sites is 1. The number of allylic oxidation sites excluding steroid dienone is 1. The summed E-state index contributed by atoms with van der Waals surface area (Å²) in [5.41, 5.74) is 3.43. The number of rotatable bonds is 5. The van der Waals surface area contributed by atoms with Gasteiger partial charge >= 0.3 is 0 Å². The van der Waals surface area contributed by atoms with Gasteiger partial charge in [0.1, 0.15) is 11.8 Å². The number of benzene rings is 2. The van der Waals surface area contributed by atoms with E-state index in [1.54, 1.807) is 37.5 Å². The number of ketones is 1. The van der Waals surface area contributed by atoms with Crippen LogP contribution in [0.1, 0.15) is 22.8 Å². The molecule has 0 aliphatic carbocycles. The second-order valence-corrected chi connectivity index (χ2v) is 8.43. The summed E-state index contributed by atoms with van der Waals surface area (Å²) in [6.07, 6.45) is 3.58. The summed E-state index contributed by atoms with van der Waals surface area (Å²) in [5.74, 6) is -1.40. The van der Waals surface area contributed by atoms with Crippen LogP contribution in [0.5, 0.6) is 5.75 Å². The lowest BCUT2D eigenvalue weighted by Gasteiger charge is -2.38. The number of ether oxygens (including phenoxy) is 1. The second-order valence-electron chi connectivity index (χ2n) is 8.43. The van der Waals surface area contributed by atoms with Crippen molar-refractivity contribution in [1.82, 2.24) is 4.90 Å². The Hall–Kier alpha value is -3.67. The lowest BCUT2D eigenvalue weighted by molar-refractivity contribution is -0.139. The predicted molar refractivity (Wildman–Crippen MR) is 121 cm³/mol. The largest absolute Gasteiger partial charge is 0.497 e. The quantitative estimate of drug-likeness (QED) is 0.415. The number of anilines is 1. The molecule has 0 unspecified atom stereocenters. The number of nitrogens with zero attached hydrogens (tertiary/aromatic N) is 2.